The van der Waals surface area contributed by atoms with Gasteiger partial charge in [0.1, 0.15) is 11.6 Å². The molecule has 0 aliphatic heterocycles. The normalized spacial score (nSPS) is 10.7. The lowest BCUT2D eigenvalue weighted by molar-refractivity contribution is 1.12. The molecule has 5 nitrogen and oxygen atoms in total. The fraction of sp³-hybridized carbons (Fsp3) is 0.0238. The van der Waals surface area contributed by atoms with E-state index in [2.05, 4.69) is 190 Å². The lowest BCUT2D eigenvalue weighted by atomic mass is 10.1. The molecule has 0 atom stereocenters. The molecule has 0 amide bonds. The van der Waals surface area contributed by atoms with E-state index >= 15 is 0 Å². The van der Waals surface area contributed by atoms with Crippen molar-refractivity contribution in [3.63, 3.8) is 0 Å². The van der Waals surface area contributed by atoms with E-state index < -0.39 is 0 Å². The third kappa shape index (κ3) is 6.42. The molecule has 5 heteroatoms. The molecule has 0 radical (unpaired) electrons. The van der Waals surface area contributed by atoms with Crippen LogP contribution in [0.2, 0.25) is 0 Å². The van der Waals surface area contributed by atoms with Gasteiger partial charge in [-0.1, -0.05) is 97.1 Å². The molecule has 0 bridgehead atoms. The van der Waals surface area contributed by atoms with Gasteiger partial charge in [-0.15, -0.1) is 0 Å². The van der Waals surface area contributed by atoms with E-state index in [1.165, 1.54) is 0 Å². The SMILES string of the molecule is CNc1cccc(N(c2ccccc2)c2cc(N(c3ccccc3)c3ccccc3)cc(N(c3ccccc3)c3ccccc3)n2)c1. The summed E-state index contributed by atoms with van der Waals surface area (Å²) in [7, 11) is 1.94. The predicted molar refractivity (Wildman–Crippen MR) is 198 cm³/mol. The zero-order chi connectivity index (χ0) is 31.8. The van der Waals surface area contributed by atoms with E-state index in [1.54, 1.807) is 0 Å². The second-order valence-corrected chi connectivity index (χ2v) is 11.0. The molecule has 7 aromatic rings. The van der Waals surface area contributed by atoms with Gasteiger partial charge in [0, 0.05) is 59.0 Å². The van der Waals surface area contributed by atoms with Crippen molar-refractivity contribution in [1.29, 1.82) is 0 Å². The summed E-state index contributed by atoms with van der Waals surface area (Å²) in [5, 5.41) is 3.31. The van der Waals surface area contributed by atoms with Gasteiger partial charge in [0.2, 0.25) is 0 Å². The number of aromatic nitrogens is 1. The summed E-state index contributed by atoms with van der Waals surface area (Å²) in [4.78, 5) is 12.2. The highest BCUT2D eigenvalue weighted by molar-refractivity contribution is 5.86. The minimum Gasteiger partial charge on any atom is -0.388 e. The fourth-order valence-corrected chi connectivity index (χ4v) is 5.81. The summed E-state index contributed by atoms with van der Waals surface area (Å²) in [5.41, 5.74) is 8.14. The first-order chi connectivity index (χ1) is 23.3. The van der Waals surface area contributed by atoms with Gasteiger partial charge in [-0.2, -0.15) is 0 Å². The van der Waals surface area contributed by atoms with Crippen molar-refractivity contribution in [3.05, 3.63) is 188 Å². The number of para-hydroxylation sites is 5. The van der Waals surface area contributed by atoms with Crippen LogP contribution in [0, 0.1) is 0 Å². The molecule has 0 saturated carbocycles. The average Bonchev–Trinajstić information content (AvgIpc) is 3.14. The largest absolute Gasteiger partial charge is 0.388 e. The Morgan fingerprint density at radius 3 is 1.06 bits per heavy atom. The van der Waals surface area contributed by atoms with Crippen LogP contribution in [0.1, 0.15) is 0 Å². The molecule has 1 heterocycles. The van der Waals surface area contributed by atoms with Crippen molar-refractivity contribution in [2.75, 3.05) is 27.1 Å². The number of hydrogen-bond acceptors (Lipinski definition) is 5. The second-order valence-electron chi connectivity index (χ2n) is 11.0. The quantitative estimate of drug-likeness (QED) is 0.167. The predicted octanol–water partition coefficient (Wildman–Crippen LogP) is 11.5. The van der Waals surface area contributed by atoms with Crippen LogP contribution >= 0.6 is 0 Å². The highest BCUT2D eigenvalue weighted by Gasteiger charge is 2.23. The van der Waals surface area contributed by atoms with Gasteiger partial charge < -0.3 is 10.2 Å². The molecule has 0 spiro atoms. The van der Waals surface area contributed by atoms with E-state index in [1.807, 2.05) is 25.2 Å². The van der Waals surface area contributed by atoms with Crippen LogP contribution < -0.4 is 20.0 Å². The van der Waals surface area contributed by atoms with Crippen molar-refractivity contribution in [3.8, 4) is 0 Å². The van der Waals surface area contributed by atoms with Crippen molar-refractivity contribution < 1.29 is 0 Å². The maximum Gasteiger partial charge on any atom is 0.142 e. The fourth-order valence-electron chi connectivity index (χ4n) is 5.81. The Balaban J connectivity index is 1.53. The van der Waals surface area contributed by atoms with Gasteiger partial charge in [0.15, 0.2) is 0 Å². The maximum atomic E-state index is 5.47. The Labute approximate surface area is 276 Å². The molecule has 1 aromatic heterocycles. The highest BCUT2D eigenvalue weighted by atomic mass is 15.3. The molecule has 0 fully saturated rings. The Morgan fingerprint density at radius 2 is 0.681 bits per heavy atom. The van der Waals surface area contributed by atoms with Gasteiger partial charge in [-0.3, -0.25) is 9.80 Å². The Kier molecular flexibility index (Phi) is 8.60. The maximum absolute atomic E-state index is 5.47. The zero-order valence-electron chi connectivity index (χ0n) is 26.2. The minimum absolute atomic E-state index is 0.783. The molecule has 1 N–H and O–H groups in total. The van der Waals surface area contributed by atoms with Crippen molar-refractivity contribution in [2.24, 2.45) is 0 Å². The Morgan fingerprint density at radius 1 is 0.340 bits per heavy atom. The highest BCUT2D eigenvalue weighted by Crippen LogP contribution is 2.44. The number of anilines is 10. The van der Waals surface area contributed by atoms with Crippen LogP contribution in [0.15, 0.2) is 188 Å². The van der Waals surface area contributed by atoms with Crippen LogP contribution in [0.25, 0.3) is 0 Å². The summed E-state index contributed by atoms with van der Waals surface area (Å²) in [6.07, 6.45) is 0. The number of benzene rings is 6. The molecule has 0 saturated heterocycles. The first kappa shape index (κ1) is 29.4. The van der Waals surface area contributed by atoms with Crippen LogP contribution in [0.3, 0.4) is 0 Å². The molecule has 0 aliphatic rings. The first-order valence-corrected chi connectivity index (χ1v) is 15.7. The topological polar surface area (TPSA) is 34.6 Å². The van der Waals surface area contributed by atoms with Crippen molar-refractivity contribution >= 4 is 57.1 Å². The van der Waals surface area contributed by atoms with E-state index in [9.17, 15) is 0 Å². The van der Waals surface area contributed by atoms with Gasteiger partial charge in [-0.05, 0) is 78.9 Å². The Bertz CT molecular complexity index is 1840. The van der Waals surface area contributed by atoms with Crippen LogP contribution in [0.4, 0.5) is 57.1 Å². The summed E-state index contributed by atoms with van der Waals surface area (Å²) in [5.74, 6) is 1.57. The second kappa shape index (κ2) is 13.8. The van der Waals surface area contributed by atoms with Crippen molar-refractivity contribution in [2.45, 2.75) is 0 Å². The first-order valence-electron chi connectivity index (χ1n) is 15.7. The van der Waals surface area contributed by atoms with Crippen LogP contribution in [-0.2, 0) is 0 Å². The Hall–Kier alpha value is -6.33. The van der Waals surface area contributed by atoms with E-state index in [0.29, 0.717) is 0 Å². The summed E-state index contributed by atoms with van der Waals surface area (Å²) in [6.45, 7) is 0. The molecule has 6 aromatic carbocycles. The summed E-state index contributed by atoms with van der Waals surface area (Å²) in [6, 6.07) is 65.0. The van der Waals surface area contributed by atoms with Gasteiger partial charge in [-0.25, -0.2) is 4.98 Å². The van der Waals surface area contributed by atoms with Gasteiger partial charge in [0.25, 0.3) is 0 Å². The third-order valence-corrected chi connectivity index (χ3v) is 7.96. The molecular weight excluding hydrogens is 574 g/mol. The molecule has 228 valence electrons. The molecular formula is C42H35N5. The van der Waals surface area contributed by atoms with Gasteiger partial charge >= 0.3 is 0 Å². The molecule has 0 unspecified atom stereocenters. The molecule has 47 heavy (non-hydrogen) atoms. The summed E-state index contributed by atoms with van der Waals surface area (Å²) >= 11 is 0. The standard InChI is InChI=1S/C42H35N5/c1-43-33-18-17-29-39(30-33)47(38-27-15-6-16-28-38)42-32-40(45(34-19-7-2-8-20-34)35-21-9-3-10-22-35)31-41(44-42)46(36-23-11-4-12-24-36)37-25-13-5-14-26-37/h2-32,43H,1H3. The third-order valence-electron chi connectivity index (χ3n) is 7.96. The van der Waals surface area contributed by atoms with E-state index in [4.69, 9.17) is 4.98 Å². The summed E-state index contributed by atoms with van der Waals surface area (Å²) < 4.78 is 0. The average molecular weight is 610 g/mol. The molecule has 0 aliphatic carbocycles. The van der Waals surface area contributed by atoms with E-state index in [-0.39, 0.29) is 0 Å². The zero-order valence-corrected chi connectivity index (χ0v) is 26.2. The number of pyridine rings is 1. The lowest BCUT2D eigenvalue weighted by Crippen LogP contribution is -2.18. The number of rotatable bonds is 10. The van der Waals surface area contributed by atoms with E-state index in [0.717, 1.165) is 57.1 Å². The number of hydrogen-bond donors (Lipinski definition) is 1. The lowest BCUT2D eigenvalue weighted by Gasteiger charge is -2.32. The monoisotopic (exact) mass is 609 g/mol. The number of nitrogens with zero attached hydrogens (tertiary/aromatic N) is 4. The molecule has 7 rings (SSSR count). The number of nitrogens with one attached hydrogen (secondary N) is 1. The van der Waals surface area contributed by atoms with Crippen LogP contribution in [-0.4, -0.2) is 12.0 Å². The smallest absolute Gasteiger partial charge is 0.142 e. The van der Waals surface area contributed by atoms with Gasteiger partial charge in [0.05, 0.1) is 5.69 Å². The van der Waals surface area contributed by atoms with Crippen LogP contribution in [0.5, 0.6) is 0 Å². The van der Waals surface area contributed by atoms with Crippen molar-refractivity contribution in [1.82, 2.24) is 4.98 Å². The minimum atomic E-state index is 0.783.